The molecule has 11 N–H and O–H groups in total. The van der Waals surface area contributed by atoms with Crippen molar-refractivity contribution in [3.05, 3.63) is 64.8 Å². The van der Waals surface area contributed by atoms with Gasteiger partial charge in [-0.05, 0) is 31.2 Å². The Bertz CT molecular complexity index is 1350. The summed E-state index contributed by atoms with van der Waals surface area (Å²) in [6, 6.07) is 3.42. The van der Waals surface area contributed by atoms with E-state index in [1.807, 2.05) is 0 Å². The number of allylic oxidation sites excluding steroid dienone is 2. The molecule has 0 amide bonds. The first-order valence-electron chi connectivity index (χ1n) is 13.1. The van der Waals surface area contributed by atoms with Crippen LogP contribution in [0.1, 0.15) is 12.5 Å². The average Bonchev–Trinajstić information content (AvgIpc) is 2.95. The molecule has 5 rings (SSSR count). The van der Waals surface area contributed by atoms with Gasteiger partial charge in [0.25, 0.3) is 5.79 Å². The van der Waals surface area contributed by atoms with Gasteiger partial charge in [-0.15, -0.1) is 0 Å². The minimum Gasteiger partial charge on any atom is -0.508 e. The van der Waals surface area contributed by atoms with E-state index in [1.54, 1.807) is 0 Å². The highest BCUT2D eigenvalue weighted by Crippen LogP contribution is 2.43. The Balaban J connectivity index is 1.43. The Kier molecular flexibility index (Phi) is 8.36. The molecule has 1 aromatic rings. The quantitative estimate of drug-likeness (QED) is 0.155. The van der Waals surface area contributed by atoms with E-state index in [-0.39, 0.29) is 22.7 Å². The number of hydrogen-bond acceptors (Lipinski definition) is 16. The first-order valence-corrected chi connectivity index (χ1v) is 13.1. The number of ether oxygens (including phenoxy) is 5. The molecule has 11 atom stereocenters. The summed E-state index contributed by atoms with van der Waals surface area (Å²) in [5, 5.41) is 113. The molecule has 0 aromatic heterocycles. The van der Waals surface area contributed by atoms with Crippen LogP contribution in [-0.4, -0.2) is 130 Å². The molecule has 1 aromatic carbocycles. The van der Waals surface area contributed by atoms with Crippen LogP contribution >= 0.6 is 0 Å². The fourth-order valence-corrected chi connectivity index (χ4v) is 4.96. The minimum absolute atomic E-state index is 0.0139. The van der Waals surface area contributed by atoms with Crippen molar-refractivity contribution in [2.75, 3.05) is 6.61 Å². The molecule has 2 fully saturated rings. The first kappa shape index (κ1) is 31.0. The van der Waals surface area contributed by atoms with Crippen LogP contribution < -0.4 is 0 Å². The molecule has 0 bridgehead atoms. The van der Waals surface area contributed by atoms with Gasteiger partial charge in [-0.1, -0.05) is 0 Å². The highest BCUT2D eigenvalue weighted by molar-refractivity contribution is 5.70. The van der Waals surface area contributed by atoms with E-state index in [4.69, 9.17) is 23.7 Å². The van der Waals surface area contributed by atoms with E-state index >= 15 is 0 Å². The van der Waals surface area contributed by atoms with E-state index in [0.29, 0.717) is 0 Å². The third kappa shape index (κ3) is 5.77. The molecule has 3 aliphatic heterocycles. The van der Waals surface area contributed by atoms with Crippen LogP contribution in [0.25, 0.3) is 5.76 Å². The van der Waals surface area contributed by atoms with Gasteiger partial charge in [0.2, 0.25) is 6.29 Å². The smallest absolute Gasteiger partial charge is 0.262 e. The number of aliphatic hydroxyl groups is 9. The Hall–Kier alpha value is -3.42. The summed E-state index contributed by atoms with van der Waals surface area (Å²) < 4.78 is 28.0. The summed E-state index contributed by atoms with van der Waals surface area (Å²) in [6.45, 7) is 0.869. The molecule has 1 aliphatic carbocycles. The maximum absolute atomic E-state index is 11.1. The van der Waals surface area contributed by atoms with Crippen LogP contribution in [0.4, 0.5) is 0 Å². The van der Waals surface area contributed by atoms with Crippen molar-refractivity contribution in [1.82, 2.24) is 0 Å². The fourth-order valence-electron chi connectivity index (χ4n) is 4.96. The third-order valence-electron chi connectivity index (χ3n) is 7.43. The van der Waals surface area contributed by atoms with Crippen molar-refractivity contribution in [2.24, 2.45) is 0 Å². The van der Waals surface area contributed by atoms with Gasteiger partial charge in [-0.25, -0.2) is 0 Å². The zero-order valence-electron chi connectivity index (χ0n) is 22.4. The van der Waals surface area contributed by atoms with E-state index in [9.17, 15) is 56.2 Å². The van der Waals surface area contributed by atoms with Gasteiger partial charge in [0.05, 0.1) is 18.3 Å². The summed E-state index contributed by atoms with van der Waals surface area (Å²) in [6.07, 6.45) is -12.9. The second kappa shape index (κ2) is 11.6. The minimum atomic E-state index is -2.42. The summed E-state index contributed by atoms with van der Waals surface area (Å²) in [7, 11) is 0. The lowest BCUT2D eigenvalue weighted by Gasteiger charge is -2.43. The molecule has 0 spiro atoms. The van der Waals surface area contributed by atoms with E-state index in [0.717, 1.165) is 30.4 Å². The molecule has 43 heavy (non-hydrogen) atoms. The molecular weight excluding hydrogens is 580 g/mol. The zero-order valence-corrected chi connectivity index (χ0v) is 22.4. The number of aliphatic hydroxyl groups excluding tert-OH is 8. The molecular formula is C27H32O16. The SMILES string of the molecule is CC1OC(OCC2OC(OC3=C(c4ccc(O)c(O)c4)OC4(O)C=C(O)C=C(O)C4=C3)C(O)C(O)C2O)C(O)C(O)C1O. The van der Waals surface area contributed by atoms with Crippen molar-refractivity contribution >= 4 is 5.76 Å². The number of benzene rings is 1. The second-order valence-corrected chi connectivity index (χ2v) is 10.5. The van der Waals surface area contributed by atoms with Gasteiger partial charge in [0.1, 0.15) is 54.2 Å². The largest absolute Gasteiger partial charge is 0.508 e. The Morgan fingerprint density at radius 2 is 1.47 bits per heavy atom. The van der Waals surface area contributed by atoms with Crippen LogP contribution in [-0.2, 0) is 23.7 Å². The van der Waals surface area contributed by atoms with Gasteiger partial charge < -0.3 is 79.9 Å². The molecule has 2 saturated heterocycles. The molecule has 0 radical (unpaired) electrons. The summed E-state index contributed by atoms with van der Waals surface area (Å²) in [5.41, 5.74) is -0.295. The number of phenols is 2. The first-order chi connectivity index (χ1) is 20.2. The lowest BCUT2D eigenvalue weighted by Crippen LogP contribution is -2.61. The van der Waals surface area contributed by atoms with Crippen LogP contribution in [0.5, 0.6) is 11.5 Å². The van der Waals surface area contributed by atoms with Crippen LogP contribution in [0.15, 0.2) is 59.3 Å². The lowest BCUT2D eigenvalue weighted by molar-refractivity contribution is -0.323. The highest BCUT2D eigenvalue weighted by atomic mass is 16.7. The Morgan fingerprint density at radius 3 is 2.16 bits per heavy atom. The van der Waals surface area contributed by atoms with Crippen molar-refractivity contribution in [2.45, 2.75) is 74.1 Å². The summed E-state index contributed by atoms with van der Waals surface area (Å²) in [5.74, 6) is -5.30. The number of hydrogen-bond donors (Lipinski definition) is 11. The van der Waals surface area contributed by atoms with E-state index in [1.165, 1.54) is 13.0 Å². The van der Waals surface area contributed by atoms with E-state index < -0.39 is 96.8 Å². The molecule has 11 unspecified atom stereocenters. The highest BCUT2D eigenvalue weighted by Gasteiger charge is 2.49. The van der Waals surface area contributed by atoms with Crippen LogP contribution in [0.2, 0.25) is 0 Å². The Morgan fingerprint density at radius 1 is 0.791 bits per heavy atom. The third-order valence-corrected chi connectivity index (χ3v) is 7.43. The zero-order chi connectivity index (χ0) is 31.4. The topological polar surface area (TPSA) is 269 Å². The van der Waals surface area contributed by atoms with Gasteiger partial charge in [0, 0.05) is 17.7 Å². The maximum atomic E-state index is 11.1. The number of fused-ring (bicyclic) bond motifs is 1. The molecule has 4 aliphatic rings. The van der Waals surface area contributed by atoms with Crippen LogP contribution in [0.3, 0.4) is 0 Å². The van der Waals surface area contributed by atoms with Gasteiger partial charge >= 0.3 is 0 Å². The second-order valence-electron chi connectivity index (χ2n) is 10.5. The van der Waals surface area contributed by atoms with Gasteiger partial charge in [-0.3, -0.25) is 0 Å². The lowest BCUT2D eigenvalue weighted by atomic mass is 9.93. The van der Waals surface area contributed by atoms with Crippen molar-refractivity contribution < 1.29 is 79.9 Å². The number of rotatable bonds is 6. The summed E-state index contributed by atoms with van der Waals surface area (Å²) in [4.78, 5) is 0. The summed E-state index contributed by atoms with van der Waals surface area (Å²) >= 11 is 0. The maximum Gasteiger partial charge on any atom is 0.262 e. The average molecular weight is 613 g/mol. The van der Waals surface area contributed by atoms with Crippen molar-refractivity contribution in [3.63, 3.8) is 0 Å². The molecule has 16 nitrogen and oxygen atoms in total. The molecule has 236 valence electrons. The normalized spacial score (nSPS) is 39.7. The molecule has 16 heteroatoms. The molecule has 3 heterocycles. The molecule has 0 saturated carbocycles. The predicted molar refractivity (Wildman–Crippen MR) is 138 cm³/mol. The number of aromatic hydroxyl groups is 2. The number of phenolic OH excluding ortho intramolecular Hbond substituents is 2. The van der Waals surface area contributed by atoms with E-state index in [2.05, 4.69) is 0 Å². The Labute approximate surface area is 243 Å². The van der Waals surface area contributed by atoms with Crippen LogP contribution in [0, 0.1) is 0 Å². The van der Waals surface area contributed by atoms with Crippen molar-refractivity contribution in [1.29, 1.82) is 0 Å². The van der Waals surface area contributed by atoms with Crippen molar-refractivity contribution in [3.8, 4) is 11.5 Å². The monoisotopic (exact) mass is 612 g/mol. The van der Waals surface area contributed by atoms with Gasteiger partial charge in [-0.2, -0.15) is 0 Å². The predicted octanol–water partition coefficient (Wildman–Crippen LogP) is -2.02. The van der Waals surface area contributed by atoms with Gasteiger partial charge in [0.15, 0.2) is 29.3 Å². The fraction of sp³-hybridized carbons (Fsp3) is 0.481. The standard InChI is InChI=1S/C27H32O16/c1-9-18(32)20(34)22(36)25(40-9)39-8-17-19(33)21(35)23(37)26(42-17)41-16-6-12-14(30)5-11(28)7-27(12,38)43-24(16)10-2-3-13(29)15(31)4-10/h2-7,9,17-23,25-26,28-38H,8H2,1H3.